The summed E-state index contributed by atoms with van der Waals surface area (Å²) in [6.07, 6.45) is 0. The topological polar surface area (TPSA) is 90.0 Å². The van der Waals surface area contributed by atoms with Crippen molar-refractivity contribution in [2.75, 3.05) is 20.7 Å². The minimum atomic E-state index is -3.73. The van der Waals surface area contributed by atoms with Gasteiger partial charge in [-0.1, -0.05) is 11.6 Å². The van der Waals surface area contributed by atoms with E-state index in [1.807, 2.05) is 0 Å². The second-order valence-electron chi connectivity index (χ2n) is 6.09. The van der Waals surface area contributed by atoms with Crippen LogP contribution in [0.15, 0.2) is 23.1 Å². The molecule has 0 aromatic heterocycles. The molecule has 0 atom stereocenters. The first kappa shape index (κ1) is 20.4. The van der Waals surface area contributed by atoms with Crippen molar-refractivity contribution in [3.05, 3.63) is 28.8 Å². The summed E-state index contributed by atoms with van der Waals surface area (Å²) in [5.41, 5.74) is -0.857. The molecule has 134 valence electrons. The minimum absolute atomic E-state index is 0.0156. The summed E-state index contributed by atoms with van der Waals surface area (Å²) >= 11 is 5.92. The Balaban J connectivity index is 2.94. The maximum atomic E-state index is 12.1. The first-order valence-electron chi connectivity index (χ1n) is 6.95. The van der Waals surface area contributed by atoms with E-state index in [1.54, 1.807) is 20.8 Å². The number of ether oxygens (including phenoxy) is 2. The molecule has 0 saturated carbocycles. The third-order valence-corrected chi connectivity index (χ3v) is 4.82. The molecule has 9 heteroatoms. The van der Waals surface area contributed by atoms with Gasteiger partial charge in [-0.2, -0.15) is 0 Å². The van der Waals surface area contributed by atoms with Crippen LogP contribution in [0, 0.1) is 0 Å². The lowest BCUT2D eigenvalue weighted by molar-refractivity contribution is -0.158. The Labute approximate surface area is 146 Å². The molecular formula is C15H20ClNO6S. The molecule has 0 heterocycles. The highest BCUT2D eigenvalue weighted by Crippen LogP contribution is 2.23. The molecule has 0 aliphatic rings. The van der Waals surface area contributed by atoms with E-state index < -0.39 is 34.2 Å². The van der Waals surface area contributed by atoms with Gasteiger partial charge in [-0.15, -0.1) is 0 Å². The maximum Gasteiger partial charge on any atom is 0.344 e. The van der Waals surface area contributed by atoms with E-state index in [2.05, 4.69) is 0 Å². The van der Waals surface area contributed by atoms with Gasteiger partial charge in [-0.05, 0) is 39.0 Å². The third-order valence-electron chi connectivity index (χ3n) is 2.68. The second kappa shape index (κ2) is 7.50. The number of carbonyl (C=O) groups excluding carboxylic acids is 2. The van der Waals surface area contributed by atoms with Crippen LogP contribution in [-0.4, -0.2) is 51.0 Å². The summed E-state index contributed by atoms with van der Waals surface area (Å²) < 4.78 is 35.1. The number of sulfonamides is 1. The van der Waals surface area contributed by atoms with E-state index in [1.165, 1.54) is 26.2 Å². The molecule has 0 fully saturated rings. The molecule has 1 aromatic rings. The Morgan fingerprint density at radius 3 is 2.29 bits per heavy atom. The standard InChI is InChI=1S/C15H20ClNO6S/c1-15(2,3)23-13(18)9-22-14(19)11-8-10(6-7-12(11)16)24(20,21)17(4)5/h6-8H,9H2,1-5H3. The molecule has 1 rings (SSSR count). The molecule has 1 aromatic carbocycles. The number of benzene rings is 1. The van der Waals surface area contributed by atoms with Crippen molar-refractivity contribution in [2.24, 2.45) is 0 Å². The van der Waals surface area contributed by atoms with Crippen molar-refractivity contribution >= 4 is 33.6 Å². The van der Waals surface area contributed by atoms with Crippen molar-refractivity contribution in [1.82, 2.24) is 4.31 Å². The molecule has 0 amide bonds. The van der Waals surface area contributed by atoms with Crippen LogP contribution in [0.3, 0.4) is 0 Å². The van der Waals surface area contributed by atoms with E-state index in [0.717, 1.165) is 10.4 Å². The summed E-state index contributed by atoms with van der Waals surface area (Å²) in [4.78, 5) is 23.5. The first-order chi connectivity index (χ1) is 10.8. The number of hydrogen-bond donors (Lipinski definition) is 0. The van der Waals surface area contributed by atoms with Crippen LogP contribution in [-0.2, 0) is 24.3 Å². The number of nitrogens with zero attached hydrogens (tertiary/aromatic N) is 1. The van der Waals surface area contributed by atoms with Crippen LogP contribution < -0.4 is 0 Å². The van der Waals surface area contributed by atoms with Crippen LogP contribution >= 0.6 is 11.6 Å². The lowest BCUT2D eigenvalue weighted by atomic mass is 10.2. The minimum Gasteiger partial charge on any atom is -0.457 e. The van der Waals surface area contributed by atoms with E-state index in [4.69, 9.17) is 21.1 Å². The fourth-order valence-corrected chi connectivity index (χ4v) is 2.73. The maximum absolute atomic E-state index is 12.1. The number of halogens is 1. The SMILES string of the molecule is CN(C)S(=O)(=O)c1ccc(Cl)c(C(=O)OCC(=O)OC(C)(C)C)c1. The number of hydrogen-bond acceptors (Lipinski definition) is 6. The molecular weight excluding hydrogens is 358 g/mol. The van der Waals surface area contributed by atoms with Crippen LogP contribution in [0.4, 0.5) is 0 Å². The zero-order chi connectivity index (χ0) is 18.7. The van der Waals surface area contributed by atoms with Crippen molar-refractivity contribution in [3.63, 3.8) is 0 Å². The molecule has 0 radical (unpaired) electrons. The fourth-order valence-electron chi connectivity index (χ4n) is 1.61. The molecule has 0 unspecified atom stereocenters. The fraction of sp³-hybridized carbons (Fsp3) is 0.467. The van der Waals surface area contributed by atoms with Gasteiger partial charge in [0, 0.05) is 14.1 Å². The Hall–Kier alpha value is -1.64. The summed E-state index contributed by atoms with van der Waals surface area (Å²) in [5, 5.41) is 0.0156. The average molecular weight is 378 g/mol. The van der Waals surface area contributed by atoms with Gasteiger partial charge in [0.15, 0.2) is 6.61 Å². The normalized spacial score (nSPS) is 12.1. The third kappa shape index (κ3) is 5.47. The van der Waals surface area contributed by atoms with Gasteiger partial charge in [-0.25, -0.2) is 22.3 Å². The number of rotatable bonds is 5. The molecule has 0 aliphatic heterocycles. The van der Waals surface area contributed by atoms with Crippen molar-refractivity contribution in [3.8, 4) is 0 Å². The van der Waals surface area contributed by atoms with E-state index in [-0.39, 0.29) is 15.5 Å². The van der Waals surface area contributed by atoms with Crippen LogP contribution in [0.5, 0.6) is 0 Å². The van der Waals surface area contributed by atoms with Gasteiger partial charge in [0.2, 0.25) is 10.0 Å². The van der Waals surface area contributed by atoms with Gasteiger partial charge in [0.25, 0.3) is 0 Å². The highest BCUT2D eigenvalue weighted by Gasteiger charge is 2.23. The Kier molecular flexibility index (Phi) is 6.38. The molecule has 7 nitrogen and oxygen atoms in total. The zero-order valence-corrected chi connectivity index (χ0v) is 15.7. The van der Waals surface area contributed by atoms with Gasteiger partial charge < -0.3 is 9.47 Å². The summed E-state index contributed by atoms with van der Waals surface area (Å²) in [5.74, 6) is -1.63. The van der Waals surface area contributed by atoms with Crippen molar-refractivity contribution in [2.45, 2.75) is 31.3 Å². The smallest absolute Gasteiger partial charge is 0.344 e. The van der Waals surface area contributed by atoms with E-state index in [0.29, 0.717) is 0 Å². The molecule has 0 N–H and O–H groups in total. The van der Waals surface area contributed by atoms with Gasteiger partial charge in [0.05, 0.1) is 15.5 Å². The molecule has 0 spiro atoms. The van der Waals surface area contributed by atoms with Crippen molar-refractivity contribution < 1.29 is 27.5 Å². The van der Waals surface area contributed by atoms with Crippen LogP contribution in [0.2, 0.25) is 5.02 Å². The predicted molar refractivity (Wildman–Crippen MR) is 88.5 cm³/mol. The highest BCUT2D eigenvalue weighted by atomic mass is 35.5. The van der Waals surface area contributed by atoms with Gasteiger partial charge in [0.1, 0.15) is 5.60 Å². The molecule has 0 aliphatic carbocycles. The summed E-state index contributed by atoms with van der Waals surface area (Å²) in [6, 6.07) is 3.67. The van der Waals surface area contributed by atoms with E-state index in [9.17, 15) is 18.0 Å². The zero-order valence-electron chi connectivity index (χ0n) is 14.1. The highest BCUT2D eigenvalue weighted by molar-refractivity contribution is 7.89. The average Bonchev–Trinajstić information content (AvgIpc) is 2.43. The molecule has 24 heavy (non-hydrogen) atoms. The largest absolute Gasteiger partial charge is 0.457 e. The molecule has 0 bridgehead atoms. The quantitative estimate of drug-likeness (QED) is 0.730. The molecule has 0 saturated heterocycles. The Bertz CT molecular complexity index is 737. The van der Waals surface area contributed by atoms with Gasteiger partial charge >= 0.3 is 11.9 Å². The first-order valence-corrected chi connectivity index (χ1v) is 8.77. The van der Waals surface area contributed by atoms with Crippen LogP contribution in [0.1, 0.15) is 31.1 Å². The van der Waals surface area contributed by atoms with Crippen molar-refractivity contribution in [1.29, 1.82) is 0 Å². The number of carbonyl (C=O) groups is 2. The Morgan fingerprint density at radius 1 is 1.21 bits per heavy atom. The lowest BCUT2D eigenvalue weighted by Gasteiger charge is -2.19. The predicted octanol–water partition coefficient (Wildman–Crippen LogP) is 2.09. The second-order valence-corrected chi connectivity index (χ2v) is 8.65. The van der Waals surface area contributed by atoms with Gasteiger partial charge in [-0.3, -0.25) is 0 Å². The monoisotopic (exact) mass is 377 g/mol. The summed E-state index contributed by atoms with van der Waals surface area (Å²) in [6.45, 7) is 4.44. The van der Waals surface area contributed by atoms with Crippen LogP contribution in [0.25, 0.3) is 0 Å². The Morgan fingerprint density at radius 2 is 1.79 bits per heavy atom. The summed E-state index contributed by atoms with van der Waals surface area (Å²) in [7, 11) is -0.999. The van der Waals surface area contributed by atoms with E-state index >= 15 is 0 Å². The number of esters is 2. The lowest BCUT2D eigenvalue weighted by Crippen LogP contribution is -2.27.